The van der Waals surface area contributed by atoms with E-state index in [-0.39, 0.29) is 24.7 Å². The number of aromatic nitrogens is 3. The van der Waals surface area contributed by atoms with Crippen molar-refractivity contribution in [1.29, 1.82) is 0 Å². The Labute approximate surface area is 264 Å². The first-order valence-corrected chi connectivity index (χ1v) is 19.1. The van der Waals surface area contributed by atoms with Gasteiger partial charge in [-0.05, 0) is 88.7 Å². The van der Waals surface area contributed by atoms with Crippen LogP contribution in [0.5, 0.6) is 5.75 Å². The maximum absolute atomic E-state index is 10.1. The Hall–Kier alpha value is -2.53. The van der Waals surface area contributed by atoms with Crippen LogP contribution in [0.25, 0.3) is 0 Å². The number of benzene rings is 3. The van der Waals surface area contributed by atoms with Gasteiger partial charge in [0.15, 0.2) is 0 Å². The molecule has 222 valence electrons. The van der Waals surface area contributed by atoms with Crippen molar-refractivity contribution < 1.29 is 14.6 Å². The van der Waals surface area contributed by atoms with Gasteiger partial charge in [0, 0.05) is 16.3 Å². The highest BCUT2D eigenvalue weighted by atomic mass is 127. The van der Waals surface area contributed by atoms with Crippen LogP contribution in [0.3, 0.4) is 0 Å². The molecule has 1 aliphatic rings. The van der Waals surface area contributed by atoms with Crippen LogP contribution in [0.2, 0.25) is 18.6 Å². The van der Waals surface area contributed by atoms with Crippen LogP contribution >= 0.6 is 22.6 Å². The first-order valence-electron chi connectivity index (χ1n) is 14.9. The van der Waals surface area contributed by atoms with E-state index in [0.717, 1.165) is 42.8 Å². The molecule has 1 fully saturated rings. The van der Waals surface area contributed by atoms with Gasteiger partial charge in [0.25, 0.3) is 0 Å². The molecular weight excluding hydrogens is 653 g/mol. The maximum atomic E-state index is 10.1. The Kier molecular flexibility index (Phi) is 10.2. The molecule has 1 aromatic heterocycles. The third-order valence-corrected chi connectivity index (χ3v) is 14.2. The first-order chi connectivity index (χ1) is 20.3. The summed E-state index contributed by atoms with van der Waals surface area (Å²) in [5.41, 5.74) is 3.67. The molecule has 0 radical (unpaired) electrons. The Morgan fingerprint density at radius 3 is 2.36 bits per heavy atom. The van der Waals surface area contributed by atoms with Crippen molar-refractivity contribution in [2.24, 2.45) is 5.92 Å². The highest BCUT2D eigenvalue weighted by Gasteiger charge is 2.50. The quantitative estimate of drug-likeness (QED) is 0.137. The molecule has 5 atom stereocenters. The van der Waals surface area contributed by atoms with E-state index in [1.165, 1.54) is 14.3 Å². The van der Waals surface area contributed by atoms with Crippen molar-refractivity contribution in [3.8, 4) is 5.75 Å². The zero-order chi connectivity index (χ0) is 29.7. The Morgan fingerprint density at radius 1 is 0.976 bits per heavy atom. The van der Waals surface area contributed by atoms with E-state index >= 15 is 0 Å². The summed E-state index contributed by atoms with van der Waals surface area (Å²) >= 11 is 2.36. The van der Waals surface area contributed by atoms with Crippen LogP contribution in [0, 0.1) is 9.49 Å². The van der Waals surface area contributed by atoms with Crippen molar-refractivity contribution in [2.45, 2.75) is 69.5 Å². The molecule has 4 aromatic rings. The molecule has 0 saturated carbocycles. The van der Waals surface area contributed by atoms with Gasteiger partial charge < -0.3 is 14.6 Å². The molecule has 8 heteroatoms. The smallest absolute Gasteiger partial charge is 0.118 e. The summed E-state index contributed by atoms with van der Waals surface area (Å²) in [6, 6.07) is 27.6. The summed E-state index contributed by atoms with van der Waals surface area (Å²) < 4.78 is 15.6. The highest BCUT2D eigenvalue weighted by molar-refractivity contribution is 14.1. The van der Waals surface area contributed by atoms with E-state index in [9.17, 15) is 5.11 Å². The van der Waals surface area contributed by atoms with Crippen LogP contribution in [0.1, 0.15) is 42.5 Å². The van der Waals surface area contributed by atoms with Crippen molar-refractivity contribution >= 4 is 35.9 Å². The largest absolute Gasteiger partial charge is 0.497 e. The zero-order valence-corrected chi connectivity index (χ0v) is 28.1. The fourth-order valence-electron chi connectivity index (χ4n) is 6.77. The minimum Gasteiger partial charge on any atom is -0.497 e. The van der Waals surface area contributed by atoms with Crippen LogP contribution in [-0.4, -0.2) is 54.1 Å². The zero-order valence-electron chi connectivity index (χ0n) is 25.0. The molecule has 1 saturated heterocycles. The Morgan fingerprint density at radius 2 is 1.69 bits per heavy atom. The maximum Gasteiger partial charge on any atom is 0.118 e. The number of ether oxygens (including phenoxy) is 2. The monoisotopic (exact) mass is 695 g/mol. The number of hydrogen-bond donors (Lipinski definition) is 1. The number of methoxy groups -OCH3 is 1. The van der Waals surface area contributed by atoms with E-state index in [1.54, 1.807) is 7.11 Å². The number of nitrogens with zero attached hydrogens (tertiary/aromatic N) is 3. The van der Waals surface area contributed by atoms with Gasteiger partial charge in [-0.15, -0.1) is 5.10 Å². The molecule has 1 aliphatic heterocycles. The average molecular weight is 696 g/mol. The van der Waals surface area contributed by atoms with E-state index in [0.29, 0.717) is 11.5 Å². The van der Waals surface area contributed by atoms with Crippen molar-refractivity contribution in [3.63, 3.8) is 0 Å². The molecule has 3 aromatic carbocycles. The Bertz CT molecular complexity index is 1410. The minimum atomic E-state index is -1.93. The van der Waals surface area contributed by atoms with Gasteiger partial charge in [0.05, 0.1) is 45.6 Å². The summed E-state index contributed by atoms with van der Waals surface area (Å²) in [7, 11) is -0.207. The van der Waals surface area contributed by atoms with Crippen LogP contribution in [0.15, 0.2) is 85.1 Å². The van der Waals surface area contributed by atoms with Gasteiger partial charge in [-0.25, -0.2) is 0 Å². The average Bonchev–Trinajstić information content (AvgIpc) is 3.61. The molecule has 0 bridgehead atoms. The standard InChI is InChI=1S/C34H42IN3O3Si/c1-24-32(19-12-25-10-13-27(35)14-11-25)41-33(34(24)42(3,4)29-17-15-28(40-2)16-18-29)20-21-38-22-31(36-37-38)30(23-39)26-8-6-5-7-9-26/h5-11,13-18,22,24,30,32-34,39H,12,19-21,23H2,1-4H3/t24-,30?,32+,33-,34+/m0/s1. The topological polar surface area (TPSA) is 69.4 Å². The van der Waals surface area contributed by atoms with Crippen LogP contribution < -0.4 is 9.92 Å². The van der Waals surface area contributed by atoms with Crippen molar-refractivity contribution in [2.75, 3.05) is 13.7 Å². The lowest BCUT2D eigenvalue weighted by atomic mass is 9.95. The first kappa shape index (κ1) is 30.9. The summed E-state index contributed by atoms with van der Waals surface area (Å²) in [6.07, 6.45) is 5.25. The van der Waals surface area contributed by atoms with Gasteiger partial charge in [0.1, 0.15) is 5.75 Å². The lowest BCUT2D eigenvalue weighted by Gasteiger charge is -2.36. The third kappa shape index (κ3) is 6.98. The van der Waals surface area contributed by atoms with E-state index in [4.69, 9.17) is 9.47 Å². The molecular formula is C34H42IN3O3Si. The Balaban J connectivity index is 1.34. The number of hydrogen-bond acceptors (Lipinski definition) is 5. The number of aryl methyl sites for hydroxylation is 2. The van der Waals surface area contributed by atoms with Gasteiger partial charge in [0.2, 0.25) is 0 Å². The molecule has 0 spiro atoms. The molecule has 2 heterocycles. The molecule has 6 nitrogen and oxygen atoms in total. The van der Waals surface area contributed by atoms with Gasteiger partial charge in [-0.3, -0.25) is 4.68 Å². The number of halogens is 1. The van der Waals surface area contributed by atoms with E-state index < -0.39 is 8.07 Å². The molecule has 42 heavy (non-hydrogen) atoms. The van der Waals surface area contributed by atoms with Crippen LogP contribution in [-0.2, 0) is 17.7 Å². The second kappa shape index (κ2) is 13.8. The fourth-order valence-corrected chi connectivity index (χ4v) is 11.2. The van der Waals surface area contributed by atoms with Gasteiger partial charge >= 0.3 is 0 Å². The molecule has 0 amide bonds. The third-order valence-electron chi connectivity index (χ3n) is 9.14. The normalized spacial score (nSPS) is 21.4. The predicted octanol–water partition coefficient (Wildman–Crippen LogP) is 6.43. The van der Waals surface area contributed by atoms with Crippen molar-refractivity contribution in [3.05, 3.63) is 105 Å². The summed E-state index contributed by atoms with van der Waals surface area (Å²) in [5.74, 6) is 1.16. The predicted molar refractivity (Wildman–Crippen MR) is 179 cm³/mol. The molecule has 1 N–H and O–H groups in total. The molecule has 1 unspecified atom stereocenters. The van der Waals surface area contributed by atoms with E-state index in [2.05, 4.69) is 101 Å². The second-order valence-corrected chi connectivity index (χ2v) is 18.0. The summed E-state index contributed by atoms with van der Waals surface area (Å²) in [5, 5.41) is 20.5. The SMILES string of the molecule is COc1ccc([Si](C)(C)[C@@H]2[C@@H](C)[C@@H](CCc3ccc(I)cc3)O[C@H]2CCn2cc(C(CO)c3ccccc3)nn2)cc1. The molecule has 5 rings (SSSR count). The summed E-state index contributed by atoms with van der Waals surface area (Å²) in [6.45, 7) is 8.11. The highest BCUT2D eigenvalue weighted by Crippen LogP contribution is 2.46. The number of aliphatic hydroxyl groups is 1. The van der Waals surface area contributed by atoms with E-state index in [1.807, 2.05) is 41.2 Å². The van der Waals surface area contributed by atoms with Gasteiger partial charge in [-0.2, -0.15) is 0 Å². The number of rotatable bonds is 12. The lowest BCUT2D eigenvalue weighted by Crippen LogP contribution is -2.50. The summed E-state index contributed by atoms with van der Waals surface area (Å²) in [4.78, 5) is 0. The second-order valence-electron chi connectivity index (χ2n) is 12.1. The van der Waals surface area contributed by atoms with Crippen molar-refractivity contribution in [1.82, 2.24) is 15.0 Å². The minimum absolute atomic E-state index is 0.00206. The lowest BCUT2D eigenvalue weighted by molar-refractivity contribution is 0.0250. The van der Waals surface area contributed by atoms with Crippen LogP contribution in [0.4, 0.5) is 0 Å². The fraction of sp³-hybridized carbons (Fsp3) is 0.412. The van der Waals surface area contributed by atoms with Gasteiger partial charge in [-0.1, -0.05) is 85.0 Å². The number of aliphatic hydroxyl groups excluding tert-OH is 1. The molecule has 0 aliphatic carbocycles.